The van der Waals surface area contributed by atoms with E-state index < -0.39 is 0 Å². The molecule has 2 atom stereocenters. The summed E-state index contributed by atoms with van der Waals surface area (Å²) >= 11 is 0. The van der Waals surface area contributed by atoms with E-state index in [0.29, 0.717) is 5.92 Å². The van der Waals surface area contributed by atoms with Gasteiger partial charge in [0.25, 0.3) is 0 Å². The topological polar surface area (TPSA) is 39.6 Å². The summed E-state index contributed by atoms with van der Waals surface area (Å²) < 4.78 is 0. The van der Waals surface area contributed by atoms with Crippen LogP contribution in [0.1, 0.15) is 12.6 Å². The Labute approximate surface area is 109 Å². The molecule has 4 heteroatoms. The van der Waals surface area contributed by atoms with Gasteiger partial charge in [-0.25, -0.2) is 0 Å². The van der Waals surface area contributed by atoms with Gasteiger partial charge in [-0.2, -0.15) is 0 Å². The molecule has 2 unspecified atom stereocenters. The van der Waals surface area contributed by atoms with Crippen LogP contribution in [0.4, 0.5) is 0 Å². The largest absolute Gasteiger partial charge is 0.395 e. The maximum absolute atomic E-state index is 9.58. The molecular formula is C14H23N3O. The third kappa shape index (κ3) is 3.51. The lowest BCUT2D eigenvalue weighted by molar-refractivity contribution is 0.107. The van der Waals surface area contributed by atoms with Crippen LogP contribution in [-0.2, 0) is 6.54 Å². The second-order valence-corrected chi connectivity index (χ2v) is 5.41. The molecule has 1 fully saturated rings. The second kappa shape index (κ2) is 6.27. The molecule has 18 heavy (non-hydrogen) atoms. The van der Waals surface area contributed by atoms with Crippen molar-refractivity contribution in [2.45, 2.75) is 19.5 Å². The molecule has 2 heterocycles. The molecule has 0 spiro atoms. The van der Waals surface area contributed by atoms with E-state index in [4.69, 9.17) is 0 Å². The molecule has 0 aromatic carbocycles. The number of likely N-dealkylation sites (N-methyl/N-ethyl adjacent to an activating group) is 1. The molecule has 0 radical (unpaired) electrons. The average molecular weight is 249 g/mol. The Balaban J connectivity index is 2.08. The number of pyridine rings is 1. The van der Waals surface area contributed by atoms with E-state index in [-0.39, 0.29) is 12.6 Å². The van der Waals surface area contributed by atoms with Gasteiger partial charge in [-0.3, -0.25) is 9.88 Å². The summed E-state index contributed by atoms with van der Waals surface area (Å²) in [5, 5.41) is 9.58. The van der Waals surface area contributed by atoms with Crippen molar-refractivity contribution in [3.63, 3.8) is 0 Å². The van der Waals surface area contributed by atoms with Crippen LogP contribution >= 0.6 is 0 Å². The number of nitrogens with zero attached hydrogens (tertiary/aromatic N) is 3. The highest BCUT2D eigenvalue weighted by Gasteiger charge is 2.26. The summed E-state index contributed by atoms with van der Waals surface area (Å²) in [4.78, 5) is 9.05. The Hall–Kier alpha value is -0.970. The number of aromatic nitrogens is 1. The van der Waals surface area contributed by atoms with Crippen LogP contribution in [0.5, 0.6) is 0 Å². The highest BCUT2D eigenvalue weighted by atomic mass is 16.3. The van der Waals surface area contributed by atoms with Crippen LogP contribution < -0.4 is 0 Å². The van der Waals surface area contributed by atoms with Crippen LogP contribution in [0, 0.1) is 5.92 Å². The maximum Gasteiger partial charge on any atom is 0.0599 e. The number of hydrogen-bond donors (Lipinski definition) is 1. The molecule has 0 bridgehead atoms. The number of hydrogen-bond acceptors (Lipinski definition) is 4. The van der Waals surface area contributed by atoms with Gasteiger partial charge in [-0.15, -0.1) is 0 Å². The van der Waals surface area contributed by atoms with Crippen molar-refractivity contribution in [1.82, 2.24) is 14.8 Å². The first-order valence-electron chi connectivity index (χ1n) is 6.62. The molecule has 100 valence electrons. The highest BCUT2D eigenvalue weighted by Crippen LogP contribution is 2.15. The van der Waals surface area contributed by atoms with Crippen molar-refractivity contribution >= 4 is 0 Å². The molecule has 0 saturated carbocycles. The number of rotatable bonds is 3. The summed E-state index contributed by atoms with van der Waals surface area (Å²) in [6, 6.07) is 6.21. The molecular weight excluding hydrogens is 226 g/mol. The Bertz CT molecular complexity index is 357. The summed E-state index contributed by atoms with van der Waals surface area (Å²) in [6.45, 7) is 6.34. The van der Waals surface area contributed by atoms with Crippen LogP contribution in [0.15, 0.2) is 24.4 Å². The minimum absolute atomic E-state index is 0.210. The Morgan fingerprint density at radius 1 is 1.33 bits per heavy atom. The molecule has 1 aromatic heterocycles. The molecule has 1 aromatic rings. The monoisotopic (exact) mass is 249 g/mol. The normalized spacial score (nSPS) is 27.1. The van der Waals surface area contributed by atoms with Crippen molar-refractivity contribution in [2.24, 2.45) is 5.92 Å². The van der Waals surface area contributed by atoms with Crippen molar-refractivity contribution < 1.29 is 5.11 Å². The maximum atomic E-state index is 9.58. The average Bonchev–Trinajstić information content (AvgIpc) is 2.48. The fraction of sp³-hybridized carbons (Fsp3) is 0.643. The lowest BCUT2D eigenvalue weighted by Gasteiger charge is -2.29. The molecule has 1 aliphatic rings. The van der Waals surface area contributed by atoms with Gasteiger partial charge in [0.15, 0.2) is 0 Å². The Kier molecular flexibility index (Phi) is 4.69. The standard InChI is InChI=1S/C14H23N3O/c1-12-7-16(2)10-14(11-18)17(8-12)9-13-5-3-4-6-15-13/h3-6,12,14,18H,7-11H2,1-2H3. The van der Waals surface area contributed by atoms with E-state index in [2.05, 4.69) is 28.8 Å². The van der Waals surface area contributed by atoms with Gasteiger partial charge >= 0.3 is 0 Å². The smallest absolute Gasteiger partial charge is 0.0599 e. The van der Waals surface area contributed by atoms with Crippen LogP contribution in [-0.4, -0.2) is 59.2 Å². The zero-order chi connectivity index (χ0) is 13.0. The molecule has 4 nitrogen and oxygen atoms in total. The minimum Gasteiger partial charge on any atom is -0.395 e. The molecule has 1 saturated heterocycles. The van der Waals surface area contributed by atoms with Gasteiger partial charge in [0.1, 0.15) is 0 Å². The van der Waals surface area contributed by atoms with Crippen molar-refractivity contribution in [2.75, 3.05) is 33.3 Å². The zero-order valence-corrected chi connectivity index (χ0v) is 11.3. The van der Waals surface area contributed by atoms with Crippen molar-refractivity contribution in [3.05, 3.63) is 30.1 Å². The van der Waals surface area contributed by atoms with E-state index in [0.717, 1.165) is 31.9 Å². The van der Waals surface area contributed by atoms with Crippen molar-refractivity contribution in [3.8, 4) is 0 Å². The molecule has 2 rings (SSSR count). The Morgan fingerprint density at radius 3 is 2.83 bits per heavy atom. The summed E-state index contributed by atoms with van der Waals surface area (Å²) in [5.41, 5.74) is 1.08. The summed E-state index contributed by atoms with van der Waals surface area (Å²) in [7, 11) is 2.13. The minimum atomic E-state index is 0.210. The predicted molar refractivity (Wildman–Crippen MR) is 72.2 cm³/mol. The summed E-state index contributed by atoms with van der Waals surface area (Å²) in [5.74, 6) is 0.621. The van der Waals surface area contributed by atoms with Gasteiger partial charge < -0.3 is 10.0 Å². The van der Waals surface area contributed by atoms with Crippen LogP contribution in [0.25, 0.3) is 0 Å². The lowest BCUT2D eigenvalue weighted by atomic mass is 10.1. The van der Waals surface area contributed by atoms with Gasteiger partial charge in [0.05, 0.1) is 12.3 Å². The van der Waals surface area contributed by atoms with Gasteiger partial charge in [0.2, 0.25) is 0 Å². The molecule has 1 aliphatic heterocycles. The van der Waals surface area contributed by atoms with E-state index in [1.54, 1.807) is 0 Å². The number of aliphatic hydroxyl groups excluding tert-OH is 1. The SMILES string of the molecule is CC1CN(C)CC(CO)N(Cc2ccccn2)C1. The first-order chi connectivity index (χ1) is 8.69. The van der Waals surface area contributed by atoms with Crippen molar-refractivity contribution in [1.29, 1.82) is 0 Å². The van der Waals surface area contributed by atoms with Gasteiger partial charge in [0, 0.05) is 38.4 Å². The first-order valence-corrected chi connectivity index (χ1v) is 6.62. The van der Waals surface area contributed by atoms with Gasteiger partial charge in [-0.1, -0.05) is 13.0 Å². The Morgan fingerprint density at radius 2 is 2.17 bits per heavy atom. The van der Waals surface area contributed by atoms with E-state index in [1.807, 2.05) is 24.4 Å². The van der Waals surface area contributed by atoms with E-state index in [9.17, 15) is 5.11 Å². The third-order valence-corrected chi connectivity index (χ3v) is 3.51. The highest BCUT2D eigenvalue weighted by molar-refractivity contribution is 5.04. The summed E-state index contributed by atoms with van der Waals surface area (Å²) in [6.07, 6.45) is 1.83. The molecule has 0 amide bonds. The number of aliphatic hydroxyl groups is 1. The van der Waals surface area contributed by atoms with Crippen LogP contribution in [0.2, 0.25) is 0 Å². The first kappa shape index (κ1) is 13.5. The third-order valence-electron chi connectivity index (χ3n) is 3.51. The fourth-order valence-corrected chi connectivity index (χ4v) is 2.76. The van der Waals surface area contributed by atoms with Gasteiger partial charge in [-0.05, 0) is 25.1 Å². The van der Waals surface area contributed by atoms with Crippen LogP contribution in [0.3, 0.4) is 0 Å². The molecule has 0 aliphatic carbocycles. The fourth-order valence-electron chi connectivity index (χ4n) is 2.76. The quantitative estimate of drug-likeness (QED) is 0.861. The lowest BCUT2D eigenvalue weighted by Crippen LogP contribution is -2.42. The van der Waals surface area contributed by atoms with E-state index in [1.165, 1.54) is 0 Å². The van der Waals surface area contributed by atoms with E-state index >= 15 is 0 Å². The predicted octanol–water partition coefficient (Wildman–Crippen LogP) is 0.826. The zero-order valence-electron chi connectivity index (χ0n) is 11.3. The second-order valence-electron chi connectivity index (χ2n) is 5.41. The molecule has 1 N–H and O–H groups in total.